The number of fused-ring (bicyclic) bond motifs is 1. The second-order valence-corrected chi connectivity index (χ2v) is 9.05. The van der Waals surface area contributed by atoms with Crippen molar-refractivity contribution >= 4 is 44.3 Å². The number of sulfone groups is 1. The van der Waals surface area contributed by atoms with Gasteiger partial charge >= 0.3 is 5.97 Å². The number of carbonyl (C=O) groups is 2. The van der Waals surface area contributed by atoms with Gasteiger partial charge in [0.15, 0.2) is 15.0 Å². The number of anilines is 1. The molecule has 2 aliphatic rings. The summed E-state index contributed by atoms with van der Waals surface area (Å²) in [6.07, 6.45) is -0.442. The quantitative estimate of drug-likeness (QED) is 0.850. The molecule has 1 N–H and O–H groups in total. The maximum Gasteiger partial charge on any atom is 0.303 e. The van der Waals surface area contributed by atoms with Crippen LogP contribution in [-0.2, 0) is 19.4 Å². The summed E-state index contributed by atoms with van der Waals surface area (Å²) in [6, 6.07) is 8.94. The molecule has 7 nitrogen and oxygen atoms in total. The van der Waals surface area contributed by atoms with Crippen molar-refractivity contribution in [1.29, 1.82) is 0 Å². The SMILES string of the molecule is O=C(O)CCC(=O)N=C1SC2CS(=O)(=O)CC2N1c1ccccc1. The first kappa shape index (κ1) is 17.0. The number of thioether (sulfide) groups is 1. The third-order valence-electron chi connectivity index (χ3n) is 3.87. The predicted octanol–water partition coefficient (Wildman–Crippen LogP) is 1.15. The third kappa shape index (κ3) is 3.62. The molecule has 2 unspecified atom stereocenters. The normalized spacial score (nSPS) is 26.5. The summed E-state index contributed by atoms with van der Waals surface area (Å²) in [4.78, 5) is 28.3. The van der Waals surface area contributed by atoms with Crippen molar-refractivity contribution < 1.29 is 23.1 Å². The van der Waals surface area contributed by atoms with E-state index >= 15 is 0 Å². The molecule has 0 bridgehead atoms. The average molecular weight is 368 g/mol. The zero-order valence-electron chi connectivity index (χ0n) is 12.7. The van der Waals surface area contributed by atoms with E-state index in [9.17, 15) is 18.0 Å². The monoisotopic (exact) mass is 368 g/mol. The second kappa shape index (κ2) is 6.56. The minimum atomic E-state index is -3.10. The first-order valence-electron chi connectivity index (χ1n) is 7.40. The van der Waals surface area contributed by atoms with Gasteiger partial charge in [0.2, 0.25) is 5.91 Å². The zero-order chi connectivity index (χ0) is 17.3. The molecule has 0 aliphatic carbocycles. The number of amidine groups is 1. The fourth-order valence-electron chi connectivity index (χ4n) is 2.83. The fraction of sp³-hybridized carbons (Fsp3) is 0.400. The van der Waals surface area contributed by atoms with Crippen LogP contribution in [0.2, 0.25) is 0 Å². The van der Waals surface area contributed by atoms with Gasteiger partial charge in [0.25, 0.3) is 0 Å². The summed E-state index contributed by atoms with van der Waals surface area (Å²) in [6.45, 7) is 0. The lowest BCUT2D eigenvalue weighted by Gasteiger charge is -2.24. The van der Waals surface area contributed by atoms with E-state index in [2.05, 4.69) is 4.99 Å². The molecule has 9 heteroatoms. The minimum absolute atomic E-state index is 0.0297. The number of aliphatic carboxylic acids is 1. The van der Waals surface area contributed by atoms with Crippen molar-refractivity contribution in [2.24, 2.45) is 4.99 Å². The third-order valence-corrected chi connectivity index (χ3v) is 7.08. The van der Waals surface area contributed by atoms with Crippen LogP contribution in [0.1, 0.15) is 12.8 Å². The molecular weight excluding hydrogens is 352 g/mol. The molecule has 24 heavy (non-hydrogen) atoms. The molecule has 1 amide bonds. The van der Waals surface area contributed by atoms with E-state index in [0.29, 0.717) is 5.17 Å². The lowest BCUT2D eigenvalue weighted by atomic mass is 10.2. The molecular formula is C15H16N2O5S2. The van der Waals surface area contributed by atoms with Gasteiger partial charge in [0.05, 0.1) is 24.0 Å². The molecule has 0 spiro atoms. The smallest absolute Gasteiger partial charge is 0.303 e. The Hall–Kier alpha value is -1.87. The molecule has 0 aromatic heterocycles. The molecule has 2 aliphatic heterocycles. The number of rotatable bonds is 4. The molecule has 0 radical (unpaired) electrons. The Bertz CT molecular complexity index is 791. The van der Waals surface area contributed by atoms with Gasteiger partial charge in [-0.2, -0.15) is 4.99 Å². The van der Waals surface area contributed by atoms with Gasteiger partial charge < -0.3 is 10.0 Å². The van der Waals surface area contributed by atoms with Crippen molar-refractivity contribution in [2.75, 3.05) is 16.4 Å². The van der Waals surface area contributed by atoms with Crippen molar-refractivity contribution in [2.45, 2.75) is 24.1 Å². The summed E-state index contributed by atoms with van der Waals surface area (Å²) >= 11 is 1.28. The Kier molecular flexibility index (Phi) is 4.64. The summed E-state index contributed by atoms with van der Waals surface area (Å²) in [5, 5.41) is 8.94. The highest BCUT2D eigenvalue weighted by molar-refractivity contribution is 8.16. The Morgan fingerprint density at radius 1 is 1.21 bits per heavy atom. The number of para-hydroxylation sites is 1. The highest BCUT2D eigenvalue weighted by atomic mass is 32.2. The van der Waals surface area contributed by atoms with Crippen LogP contribution >= 0.6 is 11.8 Å². The van der Waals surface area contributed by atoms with E-state index in [0.717, 1.165) is 5.69 Å². The number of amides is 1. The summed E-state index contributed by atoms with van der Waals surface area (Å²) in [7, 11) is -3.10. The Morgan fingerprint density at radius 2 is 1.92 bits per heavy atom. The maximum absolute atomic E-state index is 11.9. The Morgan fingerprint density at radius 3 is 2.58 bits per heavy atom. The summed E-state index contributed by atoms with van der Waals surface area (Å²) in [5.41, 5.74) is 0.777. The number of nitrogens with zero attached hydrogens (tertiary/aromatic N) is 2. The number of hydrogen-bond donors (Lipinski definition) is 1. The van der Waals surface area contributed by atoms with Crippen LogP contribution in [0.15, 0.2) is 35.3 Å². The summed E-state index contributed by atoms with van der Waals surface area (Å²) < 4.78 is 23.8. The zero-order valence-corrected chi connectivity index (χ0v) is 14.3. The maximum atomic E-state index is 11.9. The average Bonchev–Trinajstić information content (AvgIpc) is 2.97. The molecule has 1 aromatic carbocycles. The van der Waals surface area contributed by atoms with Crippen LogP contribution in [0.3, 0.4) is 0 Å². The van der Waals surface area contributed by atoms with E-state index in [1.165, 1.54) is 11.8 Å². The highest BCUT2D eigenvalue weighted by Gasteiger charge is 2.49. The van der Waals surface area contributed by atoms with Gasteiger partial charge in [-0.1, -0.05) is 30.0 Å². The number of hydrogen-bond acceptors (Lipinski definition) is 5. The van der Waals surface area contributed by atoms with Crippen LogP contribution in [-0.4, -0.2) is 53.4 Å². The van der Waals surface area contributed by atoms with E-state index in [-0.39, 0.29) is 35.6 Å². The van der Waals surface area contributed by atoms with Gasteiger partial charge in [0, 0.05) is 17.4 Å². The van der Waals surface area contributed by atoms with Gasteiger partial charge in [-0.3, -0.25) is 9.59 Å². The van der Waals surface area contributed by atoms with Crippen molar-refractivity contribution in [3.8, 4) is 0 Å². The molecule has 2 saturated heterocycles. The van der Waals surface area contributed by atoms with Gasteiger partial charge in [0.1, 0.15) is 0 Å². The van der Waals surface area contributed by atoms with Crippen LogP contribution in [0, 0.1) is 0 Å². The molecule has 2 fully saturated rings. The number of carboxylic acids is 1. The predicted molar refractivity (Wildman–Crippen MR) is 92.1 cm³/mol. The topological polar surface area (TPSA) is 104 Å². The van der Waals surface area contributed by atoms with Crippen LogP contribution in [0.4, 0.5) is 5.69 Å². The van der Waals surface area contributed by atoms with Gasteiger partial charge in [-0.05, 0) is 12.1 Å². The van der Waals surface area contributed by atoms with Gasteiger partial charge in [-0.25, -0.2) is 8.42 Å². The van der Waals surface area contributed by atoms with E-state index in [1.807, 2.05) is 30.3 Å². The first-order valence-corrected chi connectivity index (χ1v) is 10.1. The number of carboxylic acid groups (broad SMARTS) is 1. The van der Waals surface area contributed by atoms with E-state index < -0.39 is 21.7 Å². The van der Waals surface area contributed by atoms with Crippen LogP contribution in [0.25, 0.3) is 0 Å². The van der Waals surface area contributed by atoms with E-state index in [4.69, 9.17) is 5.11 Å². The molecule has 1 aromatic rings. The number of carbonyl (C=O) groups excluding carboxylic acids is 1. The number of benzene rings is 1. The standard InChI is InChI=1S/C15H16N2O5S2/c18-13(6-7-14(19)20)16-15-17(10-4-2-1-3-5-10)11-8-24(21,22)9-12(11)23-15/h1-5,11-12H,6-9H2,(H,19,20). The van der Waals surface area contributed by atoms with Crippen molar-refractivity contribution in [3.05, 3.63) is 30.3 Å². The van der Waals surface area contributed by atoms with Crippen molar-refractivity contribution in [3.63, 3.8) is 0 Å². The molecule has 128 valence electrons. The molecule has 2 heterocycles. The summed E-state index contributed by atoms with van der Waals surface area (Å²) in [5.74, 6) is -1.47. The van der Waals surface area contributed by atoms with Gasteiger partial charge in [-0.15, -0.1) is 0 Å². The van der Waals surface area contributed by atoms with Crippen molar-refractivity contribution in [1.82, 2.24) is 0 Å². The highest BCUT2D eigenvalue weighted by Crippen LogP contribution is 2.40. The Balaban J connectivity index is 1.89. The van der Waals surface area contributed by atoms with E-state index in [1.54, 1.807) is 4.90 Å². The lowest BCUT2D eigenvalue weighted by Crippen LogP contribution is -2.37. The van der Waals surface area contributed by atoms with Crippen LogP contribution < -0.4 is 4.90 Å². The first-order chi connectivity index (χ1) is 11.4. The molecule has 2 atom stereocenters. The fourth-order valence-corrected chi connectivity index (χ4v) is 6.76. The number of aliphatic imine (C=N–C) groups is 1. The largest absolute Gasteiger partial charge is 0.481 e. The lowest BCUT2D eigenvalue weighted by molar-refractivity contribution is -0.138. The van der Waals surface area contributed by atoms with Crippen LogP contribution in [0.5, 0.6) is 0 Å². The molecule has 0 saturated carbocycles. The Labute approximate surface area is 143 Å². The second-order valence-electron chi connectivity index (χ2n) is 5.69. The molecule has 3 rings (SSSR count). The minimum Gasteiger partial charge on any atom is -0.481 e.